The number of guanidine groups is 1. The van der Waals surface area contributed by atoms with Crippen molar-refractivity contribution in [3.8, 4) is 5.88 Å². The summed E-state index contributed by atoms with van der Waals surface area (Å²) >= 11 is 0. The maximum absolute atomic E-state index is 5.75. The third kappa shape index (κ3) is 8.02. The molecule has 3 rings (SSSR count). The Labute approximate surface area is 168 Å². The topological polar surface area (TPSA) is 77.0 Å². The quantitative estimate of drug-likeness (QED) is 0.324. The van der Waals surface area contributed by atoms with E-state index in [1.54, 1.807) is 6.20 Å². The Balaban J connectivity index is 1.35. The summed E-state index contributed by atoms with van der Waals surface area (Å²) in [6.07, 6.45) is 6.42. The summed E-state index contributed by atoms with van der Waals surface area (Å²) in [4.78, 5) is 8.95. The molecule has 0 amide bonds. The van der Waals surface area contributed by atoms with E-state index in [-0.39, 0.29) is 0 Å². The average Bonchev–Trinajstić information content (AvgIpc) is 3.40. The summed E-state index contributed by atoms with van der Waals surface area (Å²) in [5, 5.41) is 6.66. The molecule has 0 aromatic carbocycles. The van der Waals surface area contributed by atoms with Gasteiger partial charge in [0.25, 0.3) is 0 Å². The van der Waals surface area contributed by atoms with Gasteiger partial charge in [-0.15, -0.1) is 0 Å². The molecule has 1 atom stereocenters. The van der Waals surface area contributed by atoms with E-state index in [4.69, 9.17) is 14.2 Å². The van der Waals surface area contributed by atoms with Crippen LogP contribution in [0.1, 0.15) is 38.2 Å². The van der Waals surface area contributed by atoms with Crippen molar-refractivity contribution in [1.82, 2.24) is 15.6 Å². The summed E-state index contributed by atoms with van der Waals surface area (Å²) in [7, 11) is 0. The largest absolute Gasteiger partial charge is 0.477 e. The fourth-order valence-corrected chi connectivity index (χ4v) is 2.97. The molecule has 7 heteroatoms. The molecule has 1 saturated heterocycles. The van der Waals surface area contributed by atoms with Crippen LogP contribution < -0.4 is 15.4 Å². The molecule has 7 nitrogen and oxygen atoms in total. The molecule has 1 unspecified atom stereocenters. The van der Waals surface area contributed by atoms with Crippen LogP contribution in [0.25, 0.3) is 0 Å². The highest BCUT2D eigenvalue weighted by molar-refractivity contribution is 5.79. The molecule has 1 aliphatic heterocycles. The molecule has 2 heterocycles. The molecule has 0 spiro atoms. The minimum absolute atomic E-state index is 0.574. The molecule has 28 heavy (non-hydrogen) atoms. The van der Waals surface area contributed by atoms with Crippen molar-refractivity contribution >= 4 is 5.96 Å². The first kappa shape index (κ1) is 20.9. The minimum Gasteiger partial charge on any atom is -0.477 e. The van der Waals surface area contributed by atoms with E-state index in [1.165, 1.54) is 12.8 Å². The van der Waals surface area contributed by atoms with Gasteiger partial charge < -0.3 is 24.8 Å². The number of aromatic nitrogens is 1. The second-order valence-corrected chi connectivity index (χ2v) is 7.54. The average molecular weight is 391 g/mol. The van der Waals surface area contributed by atoms with Gasteiger partial charge in [0.15, 0.2) is 5.96 Å². The van der Waals surface area contributed by atoms with Gasteiger partial charge in [0.05, 0.1) is 26.4 Å². The summed E-state index contributed by atoms with van der Waals surface area (Å²) in [6.45, 7) is 8.39. The molecule has 1 aromatic rings. The lowest BCUT2D eigenvalue weighted by atomic mass is 10.1. The van der Waals surface area contributed by atoms with Gasteiger partial charge in [0.1, 0.15) is 0 Å². The van der Waals surface area contributed by atoms with Crippen molar-refractivity contribution in [2.75, 3.05) is 46.1 Å². The van der Waals surface area contributed by atoms with E-state index in [2.05, 4.69) is 27.5 Å². The maximum atomic E-state index is 5.75. The zero-order chi connectivity index (χ0) is 19.4. The maximum Gasteiger partial charge on any atom is 0.213 e. The van der Waals surface area contributed by atoms with Crippen molar-refractivity contribution < 1.29 is 14.2 Å². The van der Waals surface area contributed by atoms with Gasteiger partial charge in [-0.2, -0.15) is 0 Å². The van der Waals surface area contributed by atoms with E-state index >= 15 is 0 Å². The van der Waals surface area contributed by atoms with Crippen LogP contribution >= 0.6 is 0 Å². The van der Waals surface area contributed by atoms with Crippen LogP contribution in [0.3, 0.4) is 0 Å². The Bertz CT molecular complexity index is 601. The number of hydrogen-bond acceptors (Lipinski definition) is 5. The fourth-order valence-electron chi connectivity index (χ4n) is 2.97. The van der Waals surface area contributed by atoms with E-state index in [0.29, 0.717) is 18.3 Å². The van der Waals surface area contributed by atoms with Crippen LogP contribution in [0.4, 0.5) is 0 Å². The van der Waals surface area contributed by atoms with Gasteiger partial charge in [-0.05, 0) is 50.2 Å². The first-order chi connectivity index (χ1) is 13.8. The SMILES string of the molecule is CCNC(=NCc1ccnc(OCC2CC2)c1)NCCCOCC1CCOC1. The van der Waals surface area contributed by atoms with Crippen molar-refractivity contribution in [1.29, 1.82) is 0 Å². The highest BCUT2D eigenvalue weighted by atomic mass is 16.5. The standard InChI is InChI=1S/C21H34N4O3/c1-2-22-21(24-8-3-10-26-14-19-7-11-27-15-19)25-13-18-6-9-23-20(12-18)28-16-17-4-5-17/h6,9,12,17,19H,2-5,7-8,10-11,13-16H2,1H3,(H2,22,24,25). The third-order valence-electron chi connectivity index (χ3n) is 4.86. The summed E-state index contributed by atoms with van der Waals surface area (Å²) in [5.74, 6) is 2.82. The molecule has 1 aliphatic carbocycles. The lowest BCUT2D eigenvalue weighted by Gasteiger charge is -2.12. The lowest BCUT2D eigenvalue weighted by Crippen LogP contribution is -2.38. The van der Waals surface area contributed by atoms with Gasteiger partial charge in [0, 0.05) is 44.5 Å². The van der Waals surface area contributed by atoms with Crippen LogP contribution in [0.15, 0.2) is 23.3 Å². The second kappa shape index (κ2) is 11.9. The first-order valence-corrected chi connectivity index (χ1v) is 10.6. The zero-order valence-electron chi connectivity index (χ0n) is 17.0. The van der Waals surface area contributed by atoms with Crippen molar-refractivity contribution in [2.24, 2.45) is 16.8 Å². The number of nitrogens with one attached hydrogen (secondary N) is 2. The predicted octanol–water partition coefficient (Wildman–Crippen LogP) is 2.37. The van der Waals surface area contributed by atoms with E-state index < -0.39 is 0 Å². The molecule has 2 N–H and O–H groups in total. The van der Waals surface area contributed by atoms with Gasteiger partial charge in [-0.1, -0.05) is 0 Å². The fraction of sp³-hybridized carbons (Fsp3) is 0.714. The van der Waals surface area contributed by atoms with Crippen molar-refractivity contribution in [3.05, 3.63) is 23.9 Å². The molecule has 156 valence electrons. The van der Waals surface area contributed by atoms with E-state index in [9.17, 15) is 0 Å². The number of pyridine rings is 1. The Kier molecular flexibility index (Phi) is 8.84. The van der Waals surface area contributed by atoms with Crippen LogP contribution in [0.2, 0.25) is 0 Å². The number of rotatable bonds is 12. The summed E-state index contributed by atoms with van der Waals surface area (Å²) in [6, 6.07) is 3.97. The third-order valence-corrected chi connectivity index (χ3v) is 4.86. The molecule has 1 saturated carbocycles. The smallest absolute Gasteiger partial charge is 0.213 e. The number of hydrogen-bond donors (Lipinski definition) is 2. The van der Waals surface area contributed by atoms with Crippen LogP contribution in [-0.4, -0.2) is 57.1 Å². The first-order valence-electron chi connectivity index (χ1n) is 10.6. The Morgan fingerprint density at radius 3 is 2.96 bits per heavy atom. The van der Waals surface area contributed by atoms with Crippen molar-refractivity contribution in [3.63, 3.8) is 0 Å². The van der Waals surface area contributed by atoms with Gasteiger partial charge in [-0.3, -0.25) is 0 Å². The molecule has 2 aliphatic rings. The van der Waals surface area contributed by atoms with Crippen molar-refractivity contribution in [2.45, 2.75) is 39.2 Å². The highest BCUT2D eigenvalue weighted by Crippen LogP contribution is 2.29. The van der Waals surface area contributed by atoms with Crippen LogP contribution in [0, 0.1) is 11.8 Å². The Hall–Kier alpha value is -1.86. The number of aliphatic imine (C=N–C) groups is 1. The lowest BCUT2D eigenvalue weighted by molar-refractivity contribution is 0.0888. The molecule has 0 radical (unpaired) electrons. The molecule has 0 bridgehead atoms. The Morgan fingerprint density at radius 1 is 1.25 bits per heavy atom. The van der Waals surface area contributed by atoms with Gasteiger partial charge in [-0.25, -0.2) is 9.98 Å². The van der Waals surface area contributed by atoms with Gasteiger partial charge in [0.2, 0.25) is 5.88 Å². The second-order valence-electron chi connectivity index (χ2n) is 7.54. The zero-order valence-corrected chi connectivity index (χ0v) is 17.0. The minimum atomic E-state index is 0.574. The molecular weight excluding hydrogens is 356 g/mol. The molecular formula is C21H34N4O3. The molecule has 1 aromatic heterocycles. The summed E-state index contributed by atoms with van der Waals surface area (Å²) < 4.78 is 16.9. The summed E-state index contributed by atoms with van der Waals surface area (Å²) in [5.41, 5.74) is 1.10. The molecule has 2 fully saturated rings. The number of nitrogens with zero attached hydrogens (tertiary/aromatic N) is 2. The predicted molar refractivity (Wildman–Crippen MR) is 110 cm³/mol. The monoisotopic (exact) mass is 390 g/mol. The number of ether oxygens (including phenoxy) is 3. The van der Waals surface area contributed by atoms with Gasteiger partial charge >= 0.3 is 0 Å². The van der Waals surface area contributed by atoms with Crippen LogP contribution in [0.5, 0.6) is 5.88 Å². The highest BCUT2D eigenvalue weighted by Gasteiger charge is 2.22. The normalized spacial score (nSPS) is 19.6. The Morgan fingerprint density at radius 2 is 2.18 bits per heavy atom. The van der Waals surface area contributed by atoms with E-state index in [1.807, 2.05) is 12.1 Å². The van der Waals surface area contributed by atoms with E-state index in [0.717, 1.165) is 76.4 Å². The van der Waals surface area contributed by atoms with Crippen LogP contribution in [-0.2, 0) is 16.0 Å².